The molecular weight excluding hydrogens is 450 g/mol. The predicted octanol–water partition coefficient (Wildman–Crippen LogP) is 3.77. The monoisotopic (exact) mass is 477 g/mol. The van der Waals surface area contributed by atoms with Crippen molar-refractivity contribution < 1.29 is 18.0 Å². The van der Waals surface area contributed by atoms with Gasteiger partial charge < -0.3 is 10.6 Å². The SMILES string of the molecule is CC(C)CNC(=O)c1ccccc1NC(=O)C1CCCN(S(=O)(=O)c2ccc(Cl)cc2)C1. The van der Waals surface area contributed by atoms with Crippen LogP contribution in [0.2, 0.25) is 5.02 Å². The Morgan fingerprint density at radius 3 is 2.50 bits per heavy atom. The maximum Gasteiger partial charge on any atom is 0.253 e. The van der Waals surface area contributed by atoms with E-state index in [9.17, 15) is 18.0 Å². The second kappa shape index (κ2) is 10.5. The first kappa shape index (κ1) is 24.2. The Morgan fingerprint density at radius 2 is 1.81 bits per heavy atom. The molecule has 0 aromatic heterocycles. The molecule has 2 amide bonds. The largest absolute Gasteiger partial charge is 0.352 e. The lowest BCUT2D eigenvalue weighted by molar-refractivity contribution is -0.120. The van der Waals surface area contributed by atoms with Crippen molar-refractivity contribution in [1.82, 2.24) is 9.62 Å². The van der Waals surface area contributed by atoms with Crippen molar-refractivity contribution in [2.24, 2.45) is 11.8 Å². The normalized spacial score (nSPS) is 17.2. The minimum Gasteiger partial charge on any atom is -0.352 e. The molecule has 9 heteroatoms. The Bertz CT molecular complexity index is 1070. The zero-order chi connectivity index (χ0) is 23.3. The molecule has 3 rings (SSSR count). The Hall–Kier alpha value is -2.42. The van der Waals surface area contributed by atoms with Crippen LogP contribution >= 0.6 is 11.6 Å². The zero-order valence-electron chi connectivity index (χ0n) is 18.2. The predicted molar refractivity (Wildman–Crippen MR) is 125 cm³/mol. The Morgan fingerprint density at radius 1 is 1.12 bits per heavy atom. The van der Waals surface area contributed by atoms with Crippen molar-refractivity contribution in [3.05, 3.63) is 59.1 Å². The minimum atomic E-state index is -3.72. The third kappa shape index (κ3) is 5.88. The van der Waals surface area contributed by atoms with E-state index in [1.165, 1.54) is 28.6 Å². The van der Waals surface area contributed by atoms with E-state index in [-0.39, 0.29) is 23.3 Å². The van der Waals surface area contributed by atoms with Crippen LogP contribution in [-0.2, 0) is 14.8 Å². The van der Waals surface area contributed by atoms with Gasteiger partial charge in [-0.2, -0.15) is 4.31 Å². The van der Waals surface area contributed by atoms with Gasteiger partial charge in [-0.25, -0.2) is 8.42 Å². The number of hydrogen-bond acceptors (Lipinski definition) is 4. The standard InChI is InChI=1S/C23H28ClN3O4S/c1-16(2)14-25-23(29)20-7-3-4-8-21(20)26-22(28)17-6-5-13-27(15-17)32(30,31)19-11-9-18(24)10-12-19/h3-4,7-12,16-17H,5-6,13-15H2,1-2H3,(H,25,29)(H,26,28). The highest BCUT2D eigenvalue weighted by Gasteiger charge is 2.33. The fourth-order valence-electron chi connectivity index (χ4n) is 3.55. The Balaban J connectivity index is 1.71. The van der Waals surface area contributed by atoms with Crippen LogP contribution in [0.25, 0.3) is 0 Å². The van der Waals surface area contributed by atoms with Crippen molar-refractivity contribution in [3.63, 3.8) is 0 Å². The van der Waals surface area contributed by atoms with Gasteiger partial charge in [-0.05, 0) is 55.2 Å². The summed E-state index contributed by atoms with van der Waals surface area (Å²) in [5.41, 5.74) is 0.791. The number of nitrogens with one attached hydrogen (secondary N) is 2. The van der Waals surface area contributed by atoms with Crippen LogP contribution in [0.1, 0.15) is 37.0 Å². The topological polar surface area (TPSA) is 95.6 Å². The van der Waals surface area contributed by atoms with Gasteiger partial charge in [0, 0.05) is 24.7 Å². The minimum absolute atomic E-state index is 0.0819. The van der Waals surface area contributed by atoms with Crippen molar-refractivity contribution in [2.45, 2.75) is 31.6 Å². The van der Waals surface area contributed by atoms with Crippen molar-refractivity contribution in [2.75, 3.05) is 25.0 Å². The molecule has 0 radical (unpaired) electrons. The third-order valence-electron chi connectivity index (χ3n) is 5.31. The van der Waals surface area contributed by atoms with Crippen LogP contribution in [-0.4, -0.2) is 44.2 Å². The molecule has 172 valence electrons. The maximum absolute atomic E-state index is 13.0. The highest BCUT2D eigenvalue weighted by Crippen LogP contribution is 2.26. The molecule has 1 heterocycles. The highest BCUT2D eigenvalue weighted by molar-refractivity contribution is 7.89. The van der Waals surface area contributed by atoms with E-state index in [2.05, 4.69) is 10.6 Å². The number of anilines is 1. The van der Waals surface area contributed by atoms with E-state index in [0.29, 0.717) is 48.1 Å². The van der Waals surface area contributed by atoms with Gasteiger partial charge in [0.25, 0.3) is 5.91 Å². The molecule has 1 unspecified atom stereocenters. The van der Waals surface area contributed by atoms with Gasteiger partial charge in [-0.3, -0.25) is 9.59 Å². The summed E-state index contributed by atoms with van der Waals surface area (Å²) in [4.78, 5) is 25.7. The first-order valence-corrected chi connectivity index (χ1v) is 12.4. The lowest BCUT2D eigenvalue weighted by Crippen LogP contribution is -2.43. The molecule has 1 aliphatic heterocycles. The van der Waals surface area contributed by atoms with Crippen LogP contribution in [0, 0.1) is 11.8 Å². The molecule has 2 aromatic rings. The molecule has 0 bridgehead atoms. The highest BCUT2D eigenvalue weighted by atomic mass is 35.5. The van der Waals surface area contributed by atoms with Gasteiger partial charge in [-0.1, -0.05) is 37.6 Å². The van der Waals surface area contributed by atoms with Crippen LogP contribution < -0.4 is 10.6 Å². The molecule has 1 atom stereocenters. The number of para-hydroxylation sites is 1. The van der Waals surface area contributed by atoms with Crippen LogP contribution in [0.4, 0.5) is 5.69 Å². The fourth-order valence-corrected chi connectivity index (χ4v) is 5.20. The quantitative estimate of drug-likeness (QED) is 0.634. The second-order valence-corrected chi connectivity index (χ2v) is 10.7. The summed E-state index contributed by atoms with van der Waals surface area (Å²) in [5.74, 6) is -0.774. The number of sulfonamides is 1. The summed E-state index contributed by atoms with van der Waals surface area (Å²) in [7, 11) is -3.72. The molecule has 1 saturated heterocycles. The van der Waals surface area contributed by atoms with Crippen molar-refractivity contribution >= 4 is 39.1 Å². The van der Waals surface area contributed by atoms with E-state index in [0.717, 1.165) is 0 Å². The van der Waals surface area contributed by atoms with Gasteiger partial charge in [0.15, 0.2) is 0 Å². The Kier molecular flexibility index (Phi) is 7.92. The zero-order valence-corrected chi connectivity index (χ0v) is 19.7. The average molecular weight is 478 g/mol. The maximum atomic E-state index is 13.0. The van der Waals surface area contributed by atoms with Crippen molar-refractivity contribution in [3.8, 4) is 0 Å². The molecule has 2 N–H and O–H groups in total. The number of halogens is 1. The first-order valence-electron chi connectivity index (χ1n) is 10.6. The fraction of sp³-hybridized carbons (Fsp3) is 0.391. The van der Waals surface area contributed by atoms with Gasteiger partial charge in [0.05, 0.1) is 22.1 Å². The molecular formula is C23H28ClN3O4S. The molecule has 2 aromatic carbocycles. The van der Waals surface area contributed by atoms with E-state index >= 15 is 0 Å². The lowest BCUT2D eigenvalue weighted by Gasteiger charge is -2.31. The summed E-state index contributed by atoms with van der Waals surface area (Å²) in [5, 5.41) is 6.14. The van der Waals surface area contributed by atoms with Crippen LogP contribution in [0.5, 0.6) is 0 Å². The molecule has 0 saturated carbocycles. The second-order valence-electron chi connectivity index (χ2n) is 8.29. The molecule has 1 fully saturated rings. The number of piperidine rings is 1. The first-order chi connectivity index (χ1) is 15.2. The van der Waals surface area contributed by atoms with E-state index in [1.54, 1.807) is 24.3 Å². The number of rotatable bonds is 7. The van der Waals surface area contributed by atoms with Gasteiger partial charge in [0.2, 0.25) is 15.9 Å². The van der Waals surface area contributed by atoms with Gasteiger partial charge in [0.1, 0.15) is 0 Å². The lowest BCUT2D eigenvalue weighted by atomic mass is 9.98. The number of amides is 2. The number of hydrogen-bond donors (Lipinski definition) is 2. The molecule has 0 aliphatic carbocycles. The van der Waals surface area contributed by atoms with Crippen LogP contribution in [0.3, 0.4) is 0 Å². The van der Waals surface area contributed by atoms with Crippen LogP contribution in [0.15, 0.2) is 53.4 Å². The third-order valence-corrected chi connectivity index (χ3v) is 7.44. The number of nitrogens with zero attached hydrogens (tertiary/aromatic N) is 1. The summed E-state index contributed by atoms with van der Waals surface area (Å²) < 4.78 is 27.3. The smallest absolute Gasteiger partial charge is 0.253 e. The molecule has 1 aliphatic rings. The summed E-state index contributed by atoms with van der Waals surface area (Å²) in [6, 6.07) is 12.8. The molecule has 32 heavy (non-hydrogen) atoms. The summed E-state index contributed by atoms with van der Waals surface area (Å²) in [6.07, 6.45) is 1.14. The Labute approximate surface area is 194 Å². The number of carbonyl (C=O) groups is 2. The van der Waals surface area contributed by atoms with E-state index in [1.807, 2.05) is 13.8 Å². The summed E-state index contributed by atoms with van der Waals surface area (Å²) in [6.45, 7) is 4.96. The number of carbonyl (C=O) groups excluding carboxylic acids is 2. The molecule has 7 nitrogen and oxygen atoms in total. The molecule has 0 spiro atoms. The van der Waals surface area contributed by atoms with Crippen molar-refractivity contribution in [1.29, 1.82) is 0 Å². The van der Waals surface area contributed by atoms with Gasteiger partial charge in [-0.15, -0.1) is 0 Å². The van der Waals surface area contributed by atoms with E-state index in [4.69, 9.17) is 11.6 Å². The number of benzene rings is 2. The summed E-state index contributed by atoms with van der Waals surface area (Å²) >= 11 is 5.87. The van der Waals surface area contributed by atoms with E-state index < -0.39 is 15.9 Å². The van der Waals surface area contributed by atoms with Gasteiger partial charge >= 0.3 is 0 Å². The average Bonchev–Trinajstić information content (AvgIpc) is 2.78.